The molecule has 102 valence electrons. The number of urea groups is 1. The fourth-order valence-electron chi connectivity index (χ4n) is 2.31. The highest BCUT2D eigenvalue weighted by Gasteiger charge is 2.18. The molecule has 0 heterocycles. The van der Waals surface area contributed by atoms with Crippen molar-refractivity contribution in [2.75, 3.05) is 5.32 Å². The summed E-state index contributed by atoms with van der Waals surface area (Å²) in [5.41, 5.74) is 3.31. The molecule has 5 nitrogen and oxygen atoms in total. The van der Waals surface area contributed by atoms with Gasteiger partial charge in [-0.05, 0) is 48.9 Å². The Balaban J connectivity index is 1.97. The largest absolute Gasteiger partial charge is 0.480 e. The lowest BCUT2D eigenvalue weighted by molar-refractivity contribution is -0.139. The van der Waals surface area contributed by atoms with Crippen molar-refractivity contribution in [1.82, 2.24) is 5.32 Å². The van der Waals surface area contributed by atoms with Gasteiger partial charge in [-0.15, -0.1) is 0 Å². The lowest BCUT2D eigenvalue weighted by Gasteiger charge is -2.13. The standard InChI is InChI=1S/C14H18N2O3/c1-2-12(13(17)18)16-14(19)15-11-7-6-9-4-3-5-10(9)8-11/h6-8,12H,2-5H2,1H3,(H,17,18)(H2,15,16,19)/t12-/m1/s1. The molecule has 1 atom stereocenters. The molecule has 2 amide bonds. The second kappa shape index (κ2) is 5.73. The van der Waals surface area contributed by atoms with E-state index in [2.05, 4.69) is 10.6 Å². The van der Waals surface area contributed by atoms with Crippen LogP contribution in [0.2, 0.25) is 0 Å². The van der Waals surface area contributed by atoms with Crippen LogP contribution < -0.4 is 10.6 Å². The topological polar surface area (TPSA) is 78.4 Å². The maximum absolute atomic E-state index is 11.7. The van der Waals surface area contributed by atoms with E-state index in [1.807, 2.05) is 18.2 Å². The first-order chi connectivity index (χ1) is 9.10. The second-order valence-corrected chi connectivity index (χ2v) is 4.73. The highest BCUT2D eigenvalue weighted by atomic mass is 16.4. The van der Waals surface area contributed by atoms with Crippen molar-refractivity contribution in [2.24, 2.45) is 0 Å². The molecule has 0 radical (unpaired) electrons. The highest BCUT2D eigenvalue weighted by Crippen LogP contribution is 2.24. The van der Waals surface area contributed by atoms with Gasteiger partial charge in [0, 0.05) is 5.69 Å². The molecule has 0 unspecified atom stereocenters. The number of nitrogens with one attached hydrogen (secondary N) is 2. The molecule has 1 aromatic rings. The second-order valence-electron chi connectivity index (χ2n) is 4.73. The Morgan fingerprint density at radius 2 is 2.05 bits per heavy atom. The molecule has 1 aromatic carbocycles. The first-order valence-electron chi connectivity index (χ1n) is 6.52. The number of hydrogen-bond acceptors (Lipinski definition) is 2. The number of anilines is 1. The Labute approximate surface area is 112 Å². The third-order valence-electron chi connectivity index (χ3n) is 3.37. The SMILES string of the molecule is CC[C@@H](NC(=O)Nc1ccc2c(c1)CCC2)C(=O)O. The molecule has 1 aliphatic rings. The van der Waals surface area contributed by atoms with E-state index in [4.69, 9.17) is 5.11 Å². The van der Waals surface area contributed by atoms with E-state index >= 15 is 0 Å². The fraction of sp³-hybridized carbons (Fsp3) is 0.429. The number of hydrogen-bond donors (Lipinski definition) is 3. The summed E-state index contributed by atoms with van der Waals surface area (Å²) in [5, 5.41) is 14.0. The van der Waals surface area contributed by atoms with Crippen LogP contribution in [0.3, 0.4) is 0 Å². The van der Waals surface area contributed by atoms with Gasteiger partial charge in [0.1, 0.15) is 6.04 Å². The Bertz CT molecular complexity index is 499. The van der Waals surface area contributed by atoms with Crippen LogP contribution in [-0.4, -0.2) is 23.1 Å². The van der Waals surface area contributed by atoms with Crippen LogP contribution in [0.15, 0.2) is 18.2 Å². The predicted molar refractivity (Wildman–Crippen MR) is 72.3 cm³/mol. The minimum atomic E-state index is -1.02. The fourth-order valence-corrected chi connectivity index (χ4v) is 2.31. The molecule has 2 rings (SSSR count). The van der Waals surface area contributed by atoms with Crippen LogP contribution in [-0.2, 0) is 17.6 Å². The van der Waals surface area contributed by atoms with Crippen molar-refractivity contribution in [1.29, 1.82) is 0 Å². The maximum atomic E-state index is 11.7. The molecule has 0 fully saturated rings. The number of rotatable bonds is 4. The summed E-state index contributed by atoms with van der Waals surface area (Å²) in [7, 11) is 0. The zero-order chi connectivity index (χ0) is 13.8. The molecule has 0 aromatic heterocycles. The summed E-state index contributed by atoms with van der Waals surface area (Å²) in [6.45, 7) is 1.72. The van der Waals surface area contributed by atoms with Gasteiger partial charge in [-0.2, -0.15) is 0 Å². The number of carbonyl (C=O) groups is 2. The first kappa shape index (κ1) is 13.4. The minimum Gasteiger partial charge on any atom is -0.480 e. The lowest BCUT2D eigenvalue weighted by Crippen LogP contribution is -2.42. The summed E-state index contributed by atoms with van der Waals surface area (Å²) < 4.78 is 0. The Morgan fingerprint density at radius 3 is 2.74 bits per heavy atom. The first-order valence-corrected chi connectivity index (χ1v) is 6.52. The van der Waals surface area contributed by atoms with E-state index in [1.54, 1.807) is 6.92 Å². The van der Waals surface area contributed by atoms with Crippen molar-refractivity contribution in [3.8, 4) is 0 Å². The molecule has 0 aliphatic heterocycles. The Kier molecular flexibility index (Phi) is 4.04. The van der Waals surface area contributed by atoms with E-state index < -0.39 is 18.0 Å². The Hall–Kier alpha value is -2.04. The van der Waals surface area contributed by atoms with Gasteiger partial charge in [-0.3, -0.25) is 0 Å². The van der Waals surface area contributed by atoms with Crippen LogP contribution in [0.4, 0.5) is 10.5 Å². The molecule has 0 saturated heterocycles. The predicted octanol–water partition coefficient (Wildman–Crippen LogP) is 2.16. The van der Waals surface area contributed by atoms with Crippen molar-refractivity contribution in [2.45, 2.75) is 38.6 Å². The third kappa shape index (κ3) is 3.24. The molecule has 19 heavy (non-hydrogen) atoms. The van der Waals surface area contributed by atoms with Gasteiger partial charge in [0.05, 0.1) is 0 Å². The zero-order valence-corrected chi connectivity index (χ0v) is 10.9. The van der Waals surface area contributed by atoms with Crippen LogP contribution in [0.25, 0.3) is 0 Å². The van der Waals surface area contributed by atoms with E-state index in [-0.39, 0.29) is 0 Å². The number of aryl methyl sites for hydroxylation is 2. The van der Waals surface area contributed by atoms with Gasteiger partial charge < -0.3 is 15.7 Å². The summed E-state index contributed by atoms with van der Waals surface area (Å²) in [5.74, 6) is -1.02. The van der Waals surface area contributed by atoms with Gasteiger partial charge in [0.25, 0.3) is 0 Å². The lowest BCUT2D eigenvalue weighted by atomic mass is 10.1. The van der Waals surface area contributed by atoms with Gasteiger partial charge in [0.2, 0.25) is 0 Å². The van der Waals surface area contributed by atoms with Crippen molar-refractivity contribution < 1.29 is 14.7 Å². The normalized spacial score (nSPS) is 14.6. The quantitative estimate of drug-likeness (QED) is 0.778. The van der Waals surface area contributed by atoms with E-state index in [0.717, 1.165) is 19.3 Å². The average Bonchev–Trinajstić information content (AvgIpc) is 2.82. The molecular weight excluding hydrogens is 244 g/mol. The third-order valence-corrected chi connectivity index (χ3v) is 3.37. The van der Waals surface area contributed by atoms with Crippen LogP contribution in [0.1, 0.15) is 30.9 Å². The van der Waals surface area contributed by atoms with Gasteiger partial charge >= 0.3 is 12.0 Å². The van der Waals surface area contributed by atoms with Crippen LogP contribution >= 0.6 is 0 Å². The van der Waals surface area contributed by atoms with Crippen LogP contribution in [0.5, 0.6) is 0 Å². The van der Waals surface area contributed by atoms with Gasteiger partial charge in [0.15, 0.2) is 0 Å². The number of carbonyl (C=O) groups excluding carboxylic acids is 1. The molecule has 1 aliphatic carbocycles. The van der Waals surface area contributed by atoms with Crippen molar-refractivity contribution >= 4 is 17.7 Å². The molecular formula is C14H18N2O3. The number of fused-ring (bicyclic) bond motifs is 1. The molecule has 0 saturated carbocycles. The molecule has 5 heteroatoms. The highest BCUT2D eigenvalue weighted by molar-refractivity contribution is 5.92. The smallest absolute Gasteiger partial charge is 0.326 e. The monoisotopic (exact) mass is 262 g/mol. The number of amides is 2. The van der Waals surface area contributed by atoms with Crippen molar-refractivity contribution in [3.63, 3.8) is 0 Å². The van der Waals surface area contributed by atoms with E-state index in [0.29, 0.717) is 12.1 Å². The molecule has 0 spiro atoms. The number of carboxylic acids is 1. The summed E-state index contributed by atoms with van der Waals surface area (Å²) in [4.78, 5) is 22.5. The zero-order valence-electron chi connectivity index (χ0n) is 10.9. The van der Waals surface area contributed by atoms with Crippen LogP contribution in [0, 0.1) is 0 Å². The Morgan fingerprint density at radius 1 is 1.32 bits per heavy atom. The van der Waals surface area contributed by atoms with Crippen molar-refractivity contribution in [3.05, 3.63) is 29.3 Å². The van der Waals surface area contributed by atoms with Gasteiger partial charge in [-0.25, -0.2) is 9.59 Å². The van der Waals surface area contributed by atoms with E-state index in [9.17, 15) is 9.59 Å². The average molecular weight is 262 g/mol. The van der Waals surface area contributed by atoms with Gasteiger partial charge in [-0.1, -0.05) is 13.0 Å². The summed E-state index contributed by atoms with van der Waals surface area (Å²) in [6, 6.07) is 4.50. The number of aliphatic carboxylic acids is 1. The maximum Gasteiger partial charge on any atom is 0.326 e. The molecule has 3 N–H and O–H groups in total. The summed E-state index contributed by atoms with van der Waals surface area (Å²) >= 11 is 0. The van der Waals surface area contributed by atoms with E-state index in [1.165, 1.54) is 11.1 Å². The minimum absolute atomic E-state index is 0.354. The number of benzene rings is 1. The number of carboxylic acid groups (broad SMARTS) is 1. The summed E-state index contributed by atoms with van der Waals surface area (Å²) in [6.07, 6.45) is 3.65. The molecule has 0 bridgehead atoms.